The van der Waals surface area contributed by atoms with Gasteiger partial charge in [0.15, 0.2) is 0 Å². The Morgan fingerprint density at radius 1 is 0.705 bits per heavy atom. The summed E-state index contributed by atoms with van der Waals surface area (Å²) >= 11 is 3.83. The molecular weight excluding hydrogens is 604 g/mol. The fraction of sp³-hybridized carbons (Fsp3) is 0.500. The number of phenolic OH excluding ortho intramolecular Hbond substituents is 1. The Hall–Kier alpha value is -4.42. The summed E-state index contributed by atoms with van der Waals surface area (Å²) in [5, 5.41) is 46.1. The molecular formula is C26H38N6O11S. The molecule has 44 heavy (non-hydrogen) atoms. The smallest absolute Gasteiger partial charge is 0.327 e. The largest absolute Gasteiger partial charge is 0.508 e. The molecule has 244 valence electrons. The number of phenols is 1. The molecule has 18 heteroatoms. The van der Waals surface area contributed by atoms with E-state index in [1.165, 1.54) is 24.3 Å². The molecule has 1 rings (SSSR count). The molecule has 0 aliphatic heterocycles. The lowest BCUT2D eigenvalue weighted by molar-refractivity contribution is -0.143. The lowest BCUT2D eigenvalue weighted by Crippen LogP contribution is -2.59. The SMILES string of the molecule is NCCCC[C@H](NC(=O)[C@H](Cc1ccc(O)cc1)NC(=O)[C@@H](N)CC(=O)O)C(=O)N[C@@H](CC(=O)O)C(=O)N[C@@H](CS)C(=O)O. The van der Waals surface area contributed by atoms with Crippen LogP contribution in [-0.4, -0.2) is 104 Å². The van der Waals surface area contributed by atoms with E-state index in [0.717, 1.165) is 0 Å². The Labute approximate surface area is 257 Å². The highest BCUT2D eigenvalue weighted by atomic mass is 32.1. The van der Waals surface area contributed by atoms with Crippen molar-refractivity contribution in [1.82, 2.24) is 21.3 Å². The molecule has 0 aromatic heterocycles. The lowest BCUT2D eigenvalue weighted by Gasteiger charge is -2.26. The number of hydrogen-bond acceptors (Lipinski definition) is 11. The second-order valence-electron chi connectivity index (χ2n) is 9.72. The zero-order valence-electron chi connectivity index (χ0n) is 23.6. The van der Waals surface area contributed by atoms with E-state index in [9.17, 15) is 48.9 Å². The molecule has 12 N–H and O–H groups in total. The molecule has 0 saturated carbocycles. The Morgan fingerprint density at radius 3 is 1.73 bits per heavy atom. The van der Waals surface area contributed by atoms with Gasteiger partial charge < -0.3 is 53.2 Å². The third kappa shape index (κ3) is 13.7. The Bertz CT molecular complexity index is 1180. The van der Waals surface area contributed by atoms with Crippen LogP contribution in [0.1, 0.15) is 37.7 Å². The van der Waals surface area contributed by atoms with Gasteiger partial charge in [0.05, 0.1) is 18.9 Å². The molecule has 0 spiro atoms. The van der Waals surface area contributed by atoms with Crippen LogP contribution in [0.4, 0.5) is 0 Å². The van der Waals surface area contributed by atoms with Crippen molar-refractivity contribution in [3.63, 3.8) is 0 Å². The average Bonchev–Trinajstić information content (AvgIpc) is 2.94. The van der Waals surface area contributed by atoms with Gasteiger partial charge in [-0.1, -0.05) is 12.1 Å². The molecule has 0 radical (unpaired) electrons. The Balaban J connectivity index is 3.26. The van der Waals surface area contributed by atoms with Crippen molar-refractivity contribution in [3.8, 4) is 5.75 Å². The lowest BCUT2D eigenvalue weighted by atomic mass is 10.0. The summed E-state index contributed by atoms with van der Waals surface area (Å²) in [5.74, 6) is -8.63. The van der Waals surface area contributed by atoms with Crippen LogP contribution in [-0.2, 0) is 40.0 Å². The van der Waals surface area contributed by atoms with Gasteiger partial charge in [-0.3, -0.25) is 28.8 Å². The average molecular weight is 643 g/mol. The number of carboxylic acid groups (broad SMARTS) is 3. The first-order valence-electron chi connectivity index (χ1n) is 13.4. The van der Waals surface area contributed by atoms with E-state index >= 15 is 0 Å². The monoisotopic (exact) mass is 642 g/mol. The minimum absolute atomic E-state index is 0.0248. The van der Waals surface area contributed by atoms with Crippen LogP contribution < -0.4 is 32.7 Å². The van der Waals surface area contributed by atoms with E-state index in [0.29, 0.717) is 18.4 Å². The van der Waals surface area contributed by atoms with Crippen LogP contribution in [0.15, 0.2) is 24.3 Å². The Kier molecular flexibility index (Phi) is 16.2. The first-order valence-corrected chi connectivity index (χ1v) is 14.0. The Morgan fingerprint density at radius 2 is 1.20 bits per heavy atom. The number of carbonyl (C=O) groups is 7. The molecule has 17 nitrogen and oxygen atoms in total. The number of rotatable bonds is 20. The second-order valence-corrected chi connectivity index (χ2v) is 10.1. The second kappa shape index (κ2) is 19.0. The van der Waals surface area contributed by atoms with Crippen LogP contribution in [0, 0.1) is 0 Å². The molecule has 0 fully saturated rings. The highest BCUT2D eigenvalue weighted by molar-refractivity contribution is 7.80. The summed E-state index contributed by atoms with van der Waals surface area (Å²) in [5.41, 5.74) is 11.6. The van der Waals surface area contributed by atoms with E-state index in [1.54, 1.807) is 0 Å². The summed E-state index contributed by atoms with van der Waals surface area (Å²) in [4.78, 5) is 85.6. The molecule has 0 aliphatic carbocycles. The molecule has 0 saturated heterocycles. The maximum Gasteiger partial charge on any atom is 0.327 e. The van der Waals surface area contributed by atoms with E-state index in [2.05, 4.69) is 33.9 Å². The van der Waals surface area contributed by atoms with Crippen molar-refractivity contribution in [2.75, 3.05) is 12.3 Å². The van der Waals surface area contributed by atoms with E-state index in [4.69, 9.17) is 16.6 Å². The standard InChI is InChI=1S/C26H38N6O11S/c27-8-2-1-3-16(23(39)31-18(11-21(36)37)25(41)32-19(12-44)26(42)43)29-24(40)17(9-13-4-6-14(33)7-5-13)30-22(38)15(28)10-20(34)35/h4-7,15-19,33,44H,1-3,8-12,27-28H2,(H,29,40)(H,30,38)(H,31,39)(H,32,41)(H,34,35)(H,36,37)(H,42,43)/t15-,16-,17-,18-,19-/m0/s1. The molecule has 4 amide bonds. The van der Waals surface area contributed by atoms with Gasteiger partial charge in [0, 0.05) is 12.2 Å². The zero-order chi connectivity index (χ0) is 33.4. The van der Waals surface area contributed by atoms with Gasteiger partial charge in [0.25, 0.3) is 0 Å². The summed E-state index contributed by atoms with van der Waals surface area (Å²) in [6, 6.07) is -1.86. The fourth-order valence-electron chi connectivity index (χ4n) is 3.78. The van der Waals surface area contributed by atoms with E-state index in [-0.39, 0.29) is 30.9 Å². The summed E-state index contributed by atoms with van der Waals surface area (Å²) in [6.07, 6.45) is -1.10. The van der Waals surface area contributed by atoms with Crippen molar-refractivity contribution in [2.45, 2.75) is 68.7 Å². The summed E-state index contributed by atoms with van der Waals surface area (Å²) in [6.45, 7) is 0.244. The summed E-state index contributed by atoms with van der Waals surface area (Å²) < 4.78 is 0. The van der Waals surface area contributed by atoms with Crippen molar-refractivity contribution >= 4 is 54.2 Å². The number of nitrogens with two attached hydrogens (primary N) is 2. The molecule has 0 unspecified atom stereocenters. The molecule has 1 aromatic carbocycles. The first kappa shape index (κ1) is 37.6. The fourth-order valence-corrected chi connectivity index (χ4v) is 4.03. The highest BCUT2D eigenvalue weighted by Crippen LogP contribution is 2.12. The predicted octanol–water partition coefficient (Wildman–Crippen LogP) is -2.71. The van der Waals surface area contributed by atoms with Gasteiger partial charge in [-0.15, -0.1) is 0 Å². The van der Waals surface area contributed by atoms with Crippen molar-refractivity contribution in [2.24, 2.45) is 11.5 Å². The molecule has 0 bridgehead atoms. The van der Waals surface area contributed by atoms with Gasteiger partial charge in [0.1, 0.15) is 29.9 Å². The van der Waals surface area contributed by atoms with Gasteiger partial charge in [0.2, 0.25) is 23.6 Å². The number of carbonyl (C=O) groups excluding carboxylic acids is 4. The van der Waals surface area contributed by atoms with Crippen LogP contribution in [0.5, 0.6) is 5.75 Å². The van der Waals surface area contributed by atoms with Crippen LogP contribution in [0.25, 0.3) is 0 Å². The number of unbranched alkanes of at least 4 members (excludes halogenated alkanes) is 1. The quantitative estimate of drug-likeness (QED) is 0.0510. The number of hydrogen-bond donors (Lipinski definition) is 11. The third-order valence-electron chi connectivity index (χ3n) is 6.13. The van der Waals surface area contributed by atoms with E-state index in [1.807, 2.05) is 0 Å². The first-order chi connectivity index (χ1) is 20.7. The van der Waals surface area contributed by atoms with E-state index < -0.39 is 84.6 Å². The van der Waals surface area contributed by atoms with Gasteiger partial charge in [-0.25, -0.2) is 4.79 Å². The molecule has 0 aliphatic rings. The van der Waals surface area contributed by atoms with Crippen molar-refractivity contribution in [1.29, 1.82) is 0 Å². The van der Waals surface area contributed by atoms with Gasteiger partial charge in [-0.05, 0) is 43.5 Å². The topological polar surface area (TPSA) is 301 Å². The number of thiol groups is 1. The zero-order valence-corrected chi connectivity index (χ0v) is 24.5. The van der Waals surface area contributed by atoms with Crippen molar-refractivity contribution < 1.29 is 54.0 Å². The molecule has 1 aromatic rings. The van der Waals surface area contributed by atoms with Gasteiger partial charge >= 0.3 is 17.9 Å². The van der Waals surface area contributed by atoms with Crippen LogP contribution in [0.3, 0.4) is 0 Å². The molecule has 5 atom stereocenters. The van der Waals surface area contributed by atoms with Crippen LogP contribution in [0.2, 0.25) is 0 Å². The predicted molar refractivity (Wildman–Crippen MR) is 156 cm³/mol. The number of aliphatic carboxylic acids is 3. The normalized spacial score (nSPS) is 14.2. The number of amides is 4. The maximum atomic E-state index is 13.4. The molecule has 0 heterocycles. The van der Waals surface area contributed by atoms with Gasteiger partial charge in [-0.2, -0.15) is 12.6 Å². The highest BCUT2D eigenvalue weighted by Gasteiger charge is 2.32. The van der Waals surface area contributed by atoms with Crippen molar-refractivity contribution in [3.05, 3.63) is 29.8 Å². The number of aromatic hydroxyl groups is 1. The number of benzene rings is 1. The minimum Gasteiger partial charge on any atom is -0.508 e. The third-order valence-corrected chi connectivity index (χ3v) is 6.49. The summed E-state index contributed by atoms with van der Waals surface area (Å²) in [7, 11) is 0. The number of carboxylic acids is 3. The minimum atomic E-state index is -1.72. The number of nitrogens with one attached hydrogen (secondary N) is 4. The maximum absolute atomic E-state index is 13.4. The van der Waals surface area contributed by atoms with Crippen LogP contribution >= 0.6 is 12.6 Å².